The van der Waals surface area contributed by atoms with Gasteiger partial charge in [0.1, 0.15) is 18.3 Å². The van der Waals surface area contributed by atoms with Gasteiger partial charge in [0.2, 0.25) is 5.91 Å². The average Bonchev–Trinajstić information content (AvgIpc) is 2.79. The van der Waals surface area contributed by atoms with Gasteiger partial charge in [-0.25, -0.2) is 0 Å². The van der Waals surface area contributed by atoms with Crippen molar-refractivity contribution in [2.75, 3.05) is 0 Å². The van der Waals surface area contributed by atoms with Crippen LogP contribution in [0.25, 0.3) is 0 Å². The Labute approximate surface area is 219 Å². The van der Waals surface area contributed by atoms with Crippen LogP contribution in [0.5, 0.6) is 0 Å². The van der Waals surface area contributed by atoms with Crippen molar-refractivity contribution in [1.29, 1.82) is 0 Å². The number of allylic oxidation sites excluding steroid dienone is 2. The number of aliphatic carboxylic acids is 1. The lowest BCUT2D eigenvalue weighted by atomic mass is 9.88. The van der Waals surface area contributed by atoms with Crippen LogP contribution in [0, 0.1) is 5.92 Å². The first-order chi connectivity index (χ1) is 17.3. The Balaban J connectivity index is 1.87. The predicted molar refractivity (Wildman–Crippen MR) is 139 cm³/mol. The second-order valence-corrected chi connectivity index (χ2v) is 10.1. The zero-order valence-electron chi connectivity index (χ0n) is 22.4. The number of hydrogen-bond acceptors (Lipinski definition) is 7. The predicted octanol–water partition coefficient (Wildman–Crippen LogP) is 3.23. The molecular formula is C28H41NO8. The van der Waals surface area contributed by atoms with E-state index in [1.807, 2.05) is 19.9 Å². The third kappa shape index (κ3) is 10.3. The number of rotatable bonds is 10. The normalized spacial score (nSPS) is 31.9. The van der Waals surface area contributed by atoms with E-state index in [1.54, 1.807) is 13.0 Å². The van der Waals surface area contributed by atoms with Gasteiger partial charge in [-0.15, -0.1) is 0 Å². The molecule has 2 saturated heterocycles. The minimum absolute atomic E-state index is 0.0118. The number of amides is 1. The molecule has 2 heterocycles. The topological polar surface area (TPSA) is 131 Å². The molecule has 0 saturated carbocycles. The monoisotopic (exact) mass is 519 g/mol. The molecule has 1 amide bonds. The molecule has 9 heteroatoms. The summed E-state index contributed by atoms with van der Waals surface area (Å²) in [5.74, 6) is -1.40. The Morgan fingerprint density at radius 3 is 2.57 bits per heavy atom. The van der Waals surface area contributed by atoms with E-state index in [-0.39, 0.29) is 36.5 Å². The second kappa shape index (κ2) is 14.3. The van der Waals surface area contributed by atoms with Gasteiger partial charge in [0.05, 0.1) is 30.8 Å². The fourth-order valence-electron chi connectivity index (χ4n) is 4.54. The fourth-order valence-corrected chi connectivity index (χ4v) is 4.54. The molecule has 2 aliphatic rings. The lowest BCUT2D eigenvalue weighted by molar-refractivity contribution is -0.144. The van der Waals surface area contributed by atoms with Crippen molar-refractivity contribution >= 4 is 17.8 Å². The minimum Gasteiger partial charge on any atom is -0.481 e. The van der Waals surface area contributed by atoms with Crippen molar-refractivity contribution in [1.82, 2.24) is 5.32 Å². The number of aliphatic hydroxyl groups excluding tert-OH is 1. The molecule has 2 aliphatic heterocycles. The molecule has 8 atom stereocenters. The van der Waals surface area contributed by atoms with E-state index < -0.39 is 36.4 Å². The molecule has 2 fully saturated rings. The zero-order valence-corrected chi connectivity index (χ0v) is 22.4. The van der Waals surface area contributed by atoms with E-state index in [1.165, 1.54) is 19.1 Å². The van der Waals surface area contributed by atoms with Crippen molar-refractivity contribution in [3.63, 3.8) is 0 Å². The summed E-state index contributed by atoms with van der Waals surface area (Å²) < 4.78 is 16.9. The summed E-state index contributed by atoms with van der Waals surface area (Å²) in [6.07, 6.45) is 7.53. The molecule has 0 aliphatic carbocycles. The number of carboxylic acid groups (broad SMARTS) is 1. The van der Waals surface area contributed by atoms with E-state index in [0.717, 1.165) is 12.0 Å². The molecule has 0 radical (unpaired) electrons. The van der Waals surface area contributed by atoms with Crippen LogP contribution >= 0.6 is 0 Å². The van der Waals surface area contributed by atoms with Gasteiger partial charge in [-0.1, -0.05) is 37.3 Å². The number of aliphatic hydroxyl groups is 1. The zero-order chi connectivity index (χ0) is 27.7. The van der Waals surface area contributed by atoms with Crippen molar-refractivity contribution in [2.24, 2.45) is 5.92 Å². The van der Waals surface area contributed by atoms with Gasteiger partial charge in [0.25, 0.3) is 0 Å². The number of carbonyl (C=O) groups is 3. The standard InChI is InChI=1S/C28H41NO8/c1-16(8-11-25-28(34)18(3)13-22(37-25)15-27(32)33)7-10-24-17(2)14-23(20(5)36-24)29-26(31)12-9-19(4)35-21(6)30/h7-9,11-12,17,19-20,22-25,28,34H,3,10,13-15H2,1-2,4-6H3,(H,29,31)(H,32,33)/t17-,19-,20+,22-,23+,24-,25+,28-/m0/s1. The highest BCUT2D eigenvalue weighted by Gasteiger charge is 2.34. The van der Waals surface area contributed by atoms with Crippen LogP contribution in [-0.4, -0.2) is 70.7 Å². The van der Waals surface area contributed by atoms with Crippen molar-refractivity contribution in [2.45, 2.75) is 103 Å². The van der Waals surface area contributed by atoms with Gasteiger partial charge in [0, 0.05) is 13.0 Å². The van der Waals surface area contributed by atoms with Crippen LogP contribution in [0.1, 0.15) is 60.3 Å². The highest BCUT2D eigenvalue weighted by atomic mass is 16.5. The SMILES string of the molecule is C=C1C[C@@H](CC(=O)O)O[C@H](C=CC(C)=CC[C@@H]2O[C@H](C)[C@H](NC(=O)C=C[C@H](C)OC(C)=O)C[C@@H]2C)[C@H]1O. The van der Waals surface area contributed by atoms with Crippen molar-refractivity contribution < 1.29 is 38.8 Å². The number of carboxylic acids is 1. The summed E-state index contributed by atoms with van der Waals surface area (Å²) in [5, 5.41) is 22.4. The van der Waals surface area contributed by atoms with Gasteiger partial charge < -0.3 is 29.7 Å². The van der Waals surface area contributed by atoms with Crippen molar-refractivity contribution in [3.8, 4) is 0 Å². The Hall–Kier alpha value is -2.75. The van der Waals surface area contributed by atoms with Gasteiger partial charge >= 0.3 is 11.9 Å². The summed E-state index contributed by atoms with van der Waals surface area (Å²) in [6.45, 7) is 12.8. The highest BCUT2D eigenvalue weighted by Crippen LogP contribution is 2.29. The summed E-state index contributed by atoms with van der Waals surface area (Å²) in [6, 6.07) is -0.130. The summed E-state index contributed by atoms with van der Waals surface area (Å²) in [5.41, 5.74) is 1.54. The fraction of sp³-hybridized carbons (Fsp3) is 0.607. The van der Waals surface area contributed by atoms with E-state index in [9.17, 15) is 19.5 Å². The molecule has 37 heavy (non-hydrogen) atoms. The van der Waals surface area contributed by atoms with Crippen LogP contribution in [-0.2, 0) is 28.6 Å². The molecule has 9 nitrogen and oxygen atoms in total. The first-order valence-corrected chi connectivity index (χ1v) is 12.7. The maximum atomic E-state index is 12.3. The van der Waals surface area contributed by atoms with Crippen LogP contribution in [0.3, 0.4) is 0 Å². The van der Waals surface area contributed by atoms with Gasteiger partial charge in [-0.05, 0) is 57.6 Å². The van der Waals surface area contributed by atoms with Gasteiger partial charge in [0.15, 0.2) is 0 Å². The third-order valence-electron chi connectivity index (χ3n) is 6.61. The van der Waals surface area contributed by atoms with Crippen LogP contribution in [0.4, 0.5) is 0 Å². The molecule has 206 valence electrons. The molecule has 0 bridgehead atoms. The first-order valence-electron chi connectivity index (χ1n) is 12.7. The Morgan fingerprint density at radius 1 is 1.22 bits per heavy atom. The Bertz CT molecular complexity index is 923. The van der Waals surface area contributed by atoms with Crippen LogP contribution in [0.15, 0.2) is 48.1 Å². The third-order valence-corrected chi connectivity index (χ3v) is 6.61. The lowest BCUT2D eigenvalue weighted by Crippen LogP contribution is -2.50. The molecule has 0 spiro atoms. The molecule has 0 aromatic heterocycles. The van der Waals surface area contributed by atoms with E-state index in [2.05, 4.69) is 24.9 Å². The number of hydrogen-bond donors (Lipinski definition) is 3. The van der Waals surface area contributed by atoms with Gasteiger partial charge in [-0.3, -0.25) is 14.4 Å². The highest BCUT2D eigenvalue weighted by molar-refractivity contribution is 5.87. The molecule has 0 aromatic rings. The number of ether oxygens (including phenoxy) is 3. The minimum atomic E-state index is -0.948. The summed E-state index contributed by atoms with van der Waals surface area (Å²) in [4.78, 5) is 34.3. The molecule has 3 N–H and O–H groups in total. The number of carbonyl (C=O) groups excluding carboxylic acids is 2. The Kier molecular flexibility index (Phi) is 11.7. The number of nitrogens with one attached hydrogen (secondary N) is 1. The maximum absolute atomic E-state index is 12.3. The van der Waals surface area contributed by atoms with E-state index in [0.29, 0.717) is 18.4 Å². The second-order valence-electron chi connectivity index (χ2n) is 10.1. The van der Waals surface area contributed by atoms with Crippen molar-refractivity contribution in [3.05, 3.63) is 48.1 Å². The summed E-state index contributed by atoms with van der Waals surface area (Å²) >= 11 is 0. The van der Waals surface area contributed by atoms with Crippen LogP contribution in [0.2, 0.25) is 0 Å². The maximum Gasteiger partial charge on any atom is 0.305 e. The molecule has 2 rings (SSSR count). The summed E-state index contributed by atoms with van der Waals surface area (Å²) in [7, 11) is 0. The van der Waals surface area contributed by atoms with Crippen LogP contribution < -0.4 is 5.32 Å². The van der Waals surface area contributed by atoms with Gasteiger partial charge in [-0.2, -0.15) is 0 Å². The Morgan fingerprint density at radius 2 is 1.92 bits per heavy atom. The molecule has 0 aromatic carbocycles. The lowest BCUT2D eigenvalue weighted by Gasteiger charge is -2.39. The molecule has 0 unspecified atom stereocenters. The molecular weight excluding hydrogens is 478 g/mol. The van der Waals surface area contributed by atoms with E-state index in [4.69, 9.17) is 19.3 Å². The smallest absolute Gasteiger partial charge is 0.305 e. The largest absolute Gasteiger partial charge is 0.481 e. The first kappa shape index (κ1) is 30.5. The quantitative estimate of drug-likeness (QED) is 0.174. The number of esters is 1. The van der Waals surface area contributed by atoms with E-state index >= 15 is 0 Å². The average molecular weight is 520 g/mol.